The van der Waals surface area contributed by atoms with Crippen molar-refractivity contribution in [2.75, 3.05) is 5.32 Å². The largest absolute Gasteiger partial charge is 0.364 e. The van der Waals surface area contributed by atoms with Crippen LogP contribution in [0.25, 0.3) is 22.2 Å². The molecule has 0 fully saturated rings. The Morgan fingerprint density at radius 3 is 2.29 bits per heavy atom. The Kier molecular flexibility index (Phi) is 3.86. The summed E-state index contributed by atoms with van der Waals surface area (Å²) in [5, 5.41) is 13.2. The number of pyridine rings is 1. The van der Waals surface area contributed by atoms with Crippen molar-refractivity contribution in [2.45, 2.75) is 6.54 Å². The fraction of sp³-hybridized carbons (Fsp3) is 0.0500. The summed E-state index contributed by atoms with van der Waals surface area (Å²) in [5.41, 5.74) is 3.87. The Labute approximate surface area is 140 Å². The van der Waals surface area contributed by atoms with Crippen molar-refractivity contribution in [2.24, 2.45) is 0 Å². The first-order valence-corrected chi connectivity index (χ1v) is 7.86. The van der Waals surface area contributed by atoms with Crippen LogP contribution in [0.15, 0.2) is 79.0 Å². The van der Waals surface area contributed by atoms with E-state index in [1.807, 2.05) is 60.7 Å². The highest BCUT2D eigenvalue weighted by molar-refractivity contribution is 5.97. The molecule has 0 radical (unpaired) electrons. The minimum absolute atomic E-state index is 0.699. The lowest BCUT2D eigenvalue weighted by molar-refractivity contribution is 1.02. The minimum Gasteiger partial charge on any atom is -0.364 e. The van der Waals surface area contributed by atoms with Crippen molar-refractivity contribution in [3.05, 3.63) is 84.6 Å². The van der Waals surface area contributed by atoms with Gasteiger partial charge in [-0.15, -0.1) is 10.2 Å². The summed E-state index contributed by atoms with van der Waals surface area (Å²) in [6, 6.07) is 24.2. The first kappa shape index (κ1) is 14.3. The topological polar surface area (TPSA) is 50.7 Å². The molecule has 0 saturated heterocycles. The standard InChI is InChI=1S/C20H16N4/c1-3-8-15(9-4-1)14-22-20-17-12-7-13-21-19(17)18(23-24-20)16-10-5-2-6-11-16/h1-13H,14H2,(H,22,24). The Morgan fingerprint density at radius 1 is 0.750 bits per heavy atom. The van der Waals surface area contributed by atoms with Gasteiger partial charge in [-0.3, -0.25) is 4.98 Å². The van der Waals surface area contributed by atoms with Gasteiger partial charge < -0.3 is 5.32 Å². The maximum Gasteiger partial charge on any atom is 0.158 e. The zero-order valence-electron chi connectivity index (χ0n) is 13.1. The lowest BCUT2D eigenvalue weighted by atomic mass is 10.1. The van der Waals surface area contributed by atoms with Crippen molar-refractivity contribution in [3.63, 3.8) is 0 Å². The molecule has 4 rings (SSSR count). The summed E-state index contributed by atoms with van der Waals surface area (Å²) >= 11 is 0. The monoisotopic (exact) mass is 312 g/mol. The molecule has 0 unspecified atom stereocenters. The van der Waals surface area contributed by atoms with E-state index >= 15 is 0 Å². The first-order valence-electron chi connectivity index (χ1n) is 7.86. The summed E-state index contributed by atoms with van der Waals surface area (Å²) in [5.74, 6) is 0.752. The van der Waals surface area contributed by atoms with Gasteiger partial charge in [0.2, 0.25) is 0 Å². The molecule has 1 N–H and O–H groups in total. The fourth-order valence-corrected chi connectivity index (χ4v) is 2.69. The van der Waals surface area contributed by atoms with Crippen LogP contribution >= 0.6 is 0 Å². The van der Waals surface area contributed by atoms with E-state index in [4.69, 9.17) is 0 Å². The molecule has 0 saturated carbocycles. The van der Waals surface area contributed by atoms with Crippen molar-refractivity contribution in [1.29, 1.82) is 0 Å². The second-order valence-corrected chi connectivity index (χ2v) is 5.50. The quantitative estimate of drug-likeness (QED) is 0.610. The van der Waals surface area contributed by atoms with Gasteiger partial charge in [-0.05, 0) is 17.7 Å². The molecular weight excluding hydrogens is 296 g/mol. The molecular formula is C20H16N4. The number of hydrogen-bond donors (Lipinski definition) is 1. The van der Waals surface area contributed by atoms with E-state index < -0.39 is 0 Å². The number of nitrogens with zero attached hydrogens (tertiary/aromatic N) is 3. The van der Waals surface area contributed by atoms with Crippen LogP contribution in [-0.2, 0) is 6.54 Å². The number of benzene rings is 2. The number of fused-ring (bicyclic) bond motifs is 1. The normalized spacial score (nSPS) is 10.7. The molecule has 116 valence electrons. The molecule has 2 aromatic carbocycles. The summed E-state index contributed by atoms with van der Waals surface area (Å²) in [6.07, 6.45) is 1.79. The van der Waals surface area contributed by atoms with Gasteiger partial charge in [0.1, 0.15) is 11.2 Å². The molecule has 2 aromatic heterocycles. The van der Waals surface area contributed by atoms with E-state index in [0.717, 1.165) is 28.0 Å². The van der Waals surface area contributed by atoms with Gasteiger partial charge in [-0.25, -0.2) is 0 Å². The van der Waals surface area contributed by atoms with Crippen LogP contribution in [0, 0.1) is 0 Å². The number of nitrogens with one attached hydrogen (secondary N) is 1. The van der Waals surface area contributed by atoms with Crippen molar-refractivity contribution >= 4 is 16.7 Å². The maximum atomic E-state index is 4.53. The second kappa shape index (κ2) is 6.46. The second-order valence-electron chi connectivity index (χ2n) is 5.50. The van der Waals surface area contributed by atoms with Crippen molar-refractivity contribution in [1.82, 2.24) is 15.2 Å². The van der Waals surface area contributed by atoms with E-state index in [1.165, 1.54) is 5.56 Å². The molecule has 0 atom stereocenters. The lowest BCUT2D eigenvalue weighted by Gasteiger charge is -2.10. The summed E-state index contributed by atoms with van der Waals surface area (Å²) in [7, 11) is 0. The van der Waals surface area contributed by atoms with E-state index in [1.54, 1.807) is 6.20 Å². The fourth-order valence-electron chi connectivity index (χ4n) is 2.69. The number of anilines is 1. The van der Waals surface area contributed by atoms with Gasteiger partial charge in [0.15, 0.2) is 5.82 Å². The van der Waals surface area contributed by atoms with Gasteiger partial charge in [0.05, 0.1) is 0 Å². The van der Waals surface area contributed by atoms with Gasteiger partial charge in [0.25, 0.3) is 0 Å². The minimum atomic E-state index is 0.699. The van der Waals surface area contributed by atoms with Crippen molar-refractivity contribution < 1.29 is 0 Å². The molecule has 0 aliphatic heterocycles. The van der Waals surface area contributed by atoms with E-state index in [-0.39, 0.29) is 0 Å². The molecule has 0 spiro atoms. The summed E-state index contributed by atoms with van der Waals surface area (Å²) in [6.45, 7) is 0.699. The van der Waals surface area contributed by atoms with Crippen LogP contribution in [0.4, 0.5) is 5.82 Å². The lowest BCUT2D eigenvalue weighted by Crippen LogP contribution is -2.04. The first-order chi connectivity index (χ1) is 11.9. The SMILES string of the molecule is c1ccc(CNc2nnc(-c3ccccc3)c3ncccc23)cc1. The average molecular weight is 312 g/mol. The van der Waals surface area contributed by atoms with Gasteiger partial charge in [0, 0.05) is 23.7 Å². The highest BCUT2D eigenvalue weighted by atomic mass is 15.2. The van der Waals surface area contributed by atoms with Gasteiger partial charge in [-0.1, -0.05) is 60.7 Å². The Balaban J connectivity index is 1.73. The molecule has 4 heteroatoms. The average Bonchev–Trinajstić information content (AvgIpc) is 2.67. The van der Waals surface area contributed by atoms with Crippen LogP contribution in [0.3, 0.4) is 0 Å². The Hall–Kier alpha value is -3.27. The molecule has 4 aromatic rings. The van der Waals surface area contributed by atoms with Crippen LogP contribution in [-0.4, -0.2) is 15.2 Å². The molecule has 2 heterocycles. The molecule has 0 amide bonds. The van der Waals surface area contributed by atoms with Gasteiger partial charge in [-0.2, -0.15) is 0 Å². The molecule has 0 aliphatic rings. The van der Waals surface area contributed by atoms with Crippen molar-refractivity contribution in [3.8, 4) is 11.3 Å². The summed E-state index contributed by atoms with van der Waals surface area (Å²) < 4.78 is 0. The number of hydrogen-bond acceptors (Lipinski definition) is 4. The molecule has 24 heavy (non-hydrogen) atoms. The molecule has 0 aliphatic carbocycles. The van der Waals surface area contributed by atoms with E-state index in [2.05, 4.69) is 32.6 Å². The highest BCUT2D eigenvalue weighted by Gasteiger charge is 2.11. The predicted molar refractivity (Wildman–Crippen MR) is 96.5 cm³/mol. The Morgan fingerprint density at radius 2 is 1.50 bits per heavy atom. The van der Waals surface area contributed by atoms with E-state index in [0.29, 0.717) is 6.54 Å². The number of rotatable bonds is 4. The highest BCUT2D eigenvalue weighted by Crippen LogP contribution is 2.27. The number of aromatic nitrogens is 3. The third kappa shape index (κ3) is 2.82. The predicted octanol–water partition coefficient (Wildman–Crippen LogP) is 4.30. The zero-order chi connectivity index (χ0) is 16.2. The molecule has 4 nitrogen and oxygen atoms in total. The maximum absolute atomic E-state index is 4.53. The summed E-state index contributed by atoms with van der Waals surface area (Å²) in [4.78, 5) is 4.53. The smallest absolute Gasteiger partial charge is 0.158 e. The van der Waals surface area contributed by atoms with Crippen LogP contribution < -0.4 is 5.32 Å². The Bertz CT molecular complexity index is 953. The zero-order valence-corrected chi connectivity index (χ0v) is 13.1. The van der Waals surface area contributed by atoms with Gasteiger partial charge >= 0.3 is 0 Å². The third-order valence-corrected chi connectivity index (χ3v) is 3.89. The molecule has 0 bridgehead atoms. The van der Waals surface area contributed by atoms with E-state index in [9.17, 15) is 0 Å². The van der Waals surface area contributed by atoms with Crippen LogP contribution in [0.1, 0.15) is 5.56 Å². The van der Waals surface area contributed by atoms with Crippen LogP contribution in [0.5, 0.6) is 0 Å². The third-order valence-electron chi connectivity index (χ3n) is 3.89. The van der Waals surface area contributed by atoms with Crippen LogP contribution in [0.2, 0.25) is 0 Å².